The average molecular weight is 273 g/mol. The predicted octanol–water partition coefficient (Wildman–Crippen LogP) is 2.74. The van der Waals surface area contributed by atoms with E-state index in [1.165, 1.54) is 10.9 Å². The number of hydrogen-bond donors (Lipinski definition) is 1. The lowest BCUT2D eigenvalue weighted by Crippen LogP contribution is -2.20. The number of fused-ring (bicyclic) bond motifs is 1. The van der Waals surface area contributed by atoms with Crippen LogP contribution in [0, 0.1) is 0 Å². The highest BCUT2D eigenvalue weighted by atomic mass is 16.5. The number of aromatic nitrogens is 2. The van der Waals surface area contributed by atoms with Crippen LogP contribution in [0.3, 0.4) is 0 Å². The molecular weight excluding hydrogens is 250 g/mol. The van der Waals surface area contributed by atoms with Gasteiger partial charge in [0, 0.05) is 25.0 Å². The van der Waals surface area contributed by atoms with Crippen LogP contribution in [0.1, 0.15) is 19.0 Å². The highest BCUT2D eigenvalue weighted by Crippen LogP contribution is 2.17. The standard InChI is InChI=1S/C16H23N3O/c1-3-5-11-20-12-10-17-13-15-14-8-6-7-9-16(14)19(4-2)18-15/h3,6-9,17H,1,4-5,10-13H2,2H3. The summed E-state index contributed by atoms with van der Waals surface area (Å²) >= 11 is 0. The van der Waals surface area contributed by atoms with Crippen molar-refractivity contribution in [1.82, 2.24) is 15.1 Å². The Labute approximate surface area is 120 Å². The Morgan fingerprint density at radius 3 is 3.00 bits per heavy atom. The average Bonchev–Trinajstić information content (AvgIpc) is 2.85. The molecule has 0 aliphatic heterocycles. The molecule has 4 heteroatoms. The molecular formula is C16H23N3O. The van der Waals surface area contributed by atoms with Crippen molar-refractivity contribution in [3.05, 3.63) is 42.6 Å². The van der Waals surface area contributed by atoms with Crippen LogP contribution in [0.4, 0.5) is 0 Å². The molecule has 0 spiro atoms. The summed E-state index contributed by atoms with van der Waals surface area (Å²) in [5.74, 6) is 0. The molecule has 0 aliphatic carbocycles. The fraction of sp³-hybridized carbons (Fsp3) is 0.438. The molecule has 0 aliphatic rings. The molecule has 1 heterocycles. The molecule has 0 radical (unpaired) electrons. The van der Waals surface area contributed by atoms with Gasteiger partial charge in [-0.05, 0) is 19.4 Å². The fourth-order valence-electron chi connectivity index (χ4n) is 2.19. The molecule has 1 aromatic heterocycles. The molecule has 0 fully saturated rings. The summed E-state index contributed by atoms with van der Waals surface area (Å²) in [6.45, 7) is 9.76. The number of benzene rings is 1. The third-order valence-electron chi connectivity index (χ3n) is 3.22. The maximum atomic E-state index is 5.47. The number of nitrogens with zero attached hydrogens (tertiary/aromatic N) is 2. The van der Waals surface area contributed by atoms with E-state index in [-0.39, 0.29) is 0 Å². The van der Waals surface area contributed by atoms with Crippen LogP contribution in [0.5, 0.6) is 0 Å². The lowest BCUT2D eigenvalue weighted by atomic mass is 10.2. The predicted molar refractivity (Wildman–Crippen MR) is 82.7 cm³/mol. The van der Waals surface area contributed by atoms with Gasteiger partial charge in [-0.15, -0.1) is 6.58 Å². The van der Waals surface area contributed by atoms with Gasteiger partial charge in [-0.25, -0.2) is 0 Å². The van der Waals surface area contributed by atoms with Crippen LogP contribution in [0.15, 0.2) is 36.9 Å². The van der Waals surface area contributed by atoms with Crippen molar-refractivity contribution in [1.29, 1.82) is 0 Å². The van der Waals surface area contributed by atoms with Crippen LogP contribution in [0.25, 0.3) is 10.9 Å². The monoisotopic (exact) mass is 273 g/mol. The Morgan fingerprint density at radius 1 is 1.35 bits per heavy atom. The Balaban J connectivity index is 1.85. The zero-order chi connectivity index (χ0) is 14.2. The maximum absolute atomic E-state index is 5.47. The summed E-state index contributed by atoms with van der Waals surface area (Å²) in [5, 5.41) is 9.27. The largest absolute Gasteiger partial charge is 0.380 e. The first kappa shape index (κ1) is 14.8. The van der Waals surface area contributed by atoms with Crippen LogP contribution in [-0.4, -0.2) is 29.5 Å². The number of nitrogens with one attached hydrogen (secondary N) is 1. The van der Waals surface area contributed by atoms with Gasteiger partial charge in [-0.1, -0.05) is 24.3 Å². The number of rotatable bonds is 9. The first-order valence-electron chi connectivity index (χ1n) is 7.20. The second kappa shape index (κ2) is 7.82. The van der Waals surface area contributed by atoms with E-state index < -0.39 is 0 Å². The molecule has 2 aromatic rings. The van der Waals surface area contributed by atoms with Gasteiger partial charge in [0.1, 0.15) is 0 Å². The second-order valence-corrected chi connectivity index (χ2v) is 4.65. The number of hydrogen-bond acceptors (Lipinski definition) is 3. The van der Waals surface area contributed by atoms with Gasteiger partial charge in [-0.3, -0.25) is 4.68 Å². The molecule has 2 rings (SSSR count). The van der Waals surface area contributed by atoms with Gasteiger partial charge >= 0.3 is 0 Å². The van der Waals surface area contributed by atoms with Gasteiger partial charge in [-0.2, -0.15) is 5.10 Å². The number of ether oxygens (including phenoxy) is 1. The van der Waals surface area contributed by atoms with Crippen molar-refractivity contribution in [3.8, 4) is 0 Å². The van der Waals surface area contributed by atoms with Crippen molar-refractivity contribution in [2.45, 2.75) is 26.4 Å². The summed E-state index contributed by atoms with van der Waals surface area (Å²) in [5.41, 5.74) is 2.31. The Hall–Kier alpha value is -1.65. The van der Waals surface area contributed by atoms with Gasteiger partial charge in [0.15, 0.2) is 0 Å². The van der Waals surface area contributed by atoms with Gasteiger partial charge in [0.25, 0.3) is 0 Å². The summed E-state index contributed by atoms with van der Waals surface area (Å²) < 4.78 is 7.52. The van der Waals surface area contributed by atoms with Gasteiger partial charge < -0.3 is 10.1 Å². The van der Waals surface area contributed by atoms with Crippen molar-refractivity contribution >= 4 is 10.9 Å². The van der Waals surface area contributed by atoms with Crippen molar-refractivity contribution in [3.63, 3.8) is 0 Å². The molecule has 0 amide bonds. The molecule has 0 unspecified atom stereocenters. The molecule has 20 heavy (non-hydrogen) atoms. The zero-order valence-corrected chi connectivity index (χ0v) is 12.1. The molecule has 0 saturated carbocycles. The molecule has 0 atom stereocenters. The topological polar surface area (TPSA) is 39.1 Å². The maximum Gasteiger partial charge on any atom is 0.0841 e. The van der Waals surface area contributed by atoms with E-state index in [1.54, 1.807) is 0 Å². The second-order valence-electron chi connectivity index (χ2n) is 4.65. The minimum atomic E-state index is 0.722. The molecule has 4 nitrogen and oxygen atoms in total. The Bertz CT molecular complexity index is 548. The van der Waals surface area contributed by atoms with E-state index in [2.05, 4.69) is 48.2 Å². The lowest BCUT2D eigenvalue weighted by Gasteiger charge is -2.04. The summed E-state index contributed by atoms with van der Waals surface area (Å²) in [7, 11) is 0. The Kier molecular flexibility index (Phi) is 5.77. The van der Waals surface area contributed by atoms with Gasteiger partial charge in [0.05, 0.1) is 24.4 Å². The van der Waals surface area contributed by atoms with E-state index in [1.807, 2.05) is 10.8 Å². The Morgan fingerprint density at radius 2 is 2.20 bits per heavy atom. The SMILES string of the molecule is C=CCCOCCNCc1nn(CC)c2ccccc12. The van der Waals surface area contributed by atoms with Crippen LogP contribution in [0.2, 0.25) is 0 Å². The molecule has 108 valence electrons. The highest BCUT2D eigenvalue weighted by molar-refractivity contribution is 5.81. The highest BCUT2D eigenvalue weighted by Gasteiger charge is 2.07. The first-order valence-corrected chi connectivity index (χ1v) is 7.20. The first-order chi connectivity index (χ1) is 9.86. The summed E-state index contributed by atoms with van der Waals surface area (Å²) in [6, 6.07) is 8.37. The molecule has 0 bridgehead atoms. The molecule has 1 aromatic carbocycles. The molecule has 0 saturated heterocycles. The quantitative estimate of drug-likeness (QED) is 0.564. The third-order valence-corrected chi connectivity index (χ3v) is 3.22. The molecule has 1 N–H and O–H groups in total. The zero-order valence-electron chi connectivity index (χ0n) is 12.1. The van der Waals surface area contributed by atoms with Crippen LogP contribution in [-0.2, 0) is 17.8 Å². The van der Waals surface area contributed by atoms with E-state index in [0.29, 0.717) is 0 Å². The van der Waals surface area contributed by atoms with Crippen molar-refractivity contribution in [2.24, 2.45) is 0 Å². The number of para-hydroxylation sites is 1. The normalized spacial score (nSPS) is 11.1. The van der Waals surface area contributed by atoms with Crippen LogP contribution >= 0.6 is 0 Å². The van der Waals surface area contributed by atoms with E-state index >= 15 is 0 Å². The van der Waals surface area contributed by atoms with Crippen LogP contribution < -0.4 is 5.32 Å². The summed E-state index contributed by atoms with van der Waals surface area (Å²) in [6.07, 6.45) is 2.78. The summed E-state index contributed by atoms with van der Waals surface area (Å²) in [4.78, 5) is 0. The van der Waals surface area contributed by atoms with Crippen molar-refractivity contribution in [2.75, 3.05) is 19.8 Å². The van der Waals surface area contributed by atoms with E-state index in [4.69, 9.17) is 4.74 Å². The lowest BCUT2D eigenvalue weighted by molar-refractivity contribution is 0.140. The number of aryl methyl sites for hydroxylation is 1. The van der Waals surface area contributed by atoms with Gasteiger partial charge in [0.2, 0.25) is 0 Å². The van der Waals surface area contributed by atoms with E-state index in [0.717, 1.165) is 45.0 Å². The third kappa shape index (κ3) is 3.68. The van der Waals surface area contributed by atoms with Crippen molar-refractivity contribution < 1.29 is 4.74 Å². The fourth-order valence-corrected chi connectivity index (χ4v) is 2.19. The smallest absolute Gasteiger partial charge is 0.0841 e. The minimum absolute atomic E-state index is 0.722. The van der Waals surface area contributed by atoms with E-state index in [9.17, 15) is 0 Å². The minimum Gasteiger partial charge on any atom is -0.380 e.